The van der Waals surface area contributed by atoms with E-state index in [1.807, 2.05) is 24.3 Å². The number of ether oxygens (including phenoxy) is 1. The molecule has 1 heterocycles. The van der Waals surface area contributed by atoms with Crippen molar-refractivity contribution >= 4 is 17.8 Å². The van der Waals surface area contributed by atoms with E-state index in [2.05, 4.69) is 20.0 Å². The standard InChI is InChI=1S/C23H20N4O5/c1-22(20(29)26-21-24-11-17(25-21)19(28)32-2)12-23(27(30)31)15-9-5-3-7-13(15)18(22)14-8-4-6-10-16(14)23/h3-11,18H,12H2,1-2H3,(H2,24,25,26,29). The predicted molar refractivity (Wildman–Crippen MR) is 114 cm³/mol. The molecule has 32 heavy (non-hydrogen) atoms. The van der Waals surface area contributed by atoms with E-state index in [0.29, 0.717) is 11.1 Å². The first-order chi connectivity index (χ1) is 15.3. The van der Waals surface area contributed by atoms with Gasteiger partial charge in [-0.1, -0.05) is 48.5 Å². The molecule has 0 radical (unpaired) electrons. The van der Waals surface area contributed by atoms with Gasteiger partial charge < -0.3 is 9.72 Å². The highest BCUT2D eigenvalue weighted by Gasteiger charge is 2.67. The van der Waals surface area contributed by atoms with Gasteiger partial charge in [-0.05, 0) is 18.1 Å². The van der Waals surface area contributed by atoms with Crippen LogP contribution < -0.4 is 5.32 Å². The van der Waals surface area contributed by atoms with E-state index in [-0.39, 0.29) is 28.9 Å². The number of hydrogen-bond donors (Lipinski definition) is 2. The average Bonchev–Trinajstić information content (AvgIpc) is 3.27. The summed E-state index contributed by atoms with van der Waals surface area (Å²) in [6, 6.07) is 14.6. The van der Waals surface area contributed by atoms with Gasteiger partial charge in [0.25, 0.3) is 5.54 Å². The molecule has 1 atom stereocenters. The highest BCUT2D eigenvalue weighted by Crippen LogP contribution is 2.63. The Hall–Kier alpha value is -4.01. The third-order valence-corrected chi connectivity index (χ3v) is 6.74. The molecule has 162 valence electrons. The molecule has 2 bridgehead atoms. The molecule has 6 rings (SSSR count). The number of esters is 1. The lowest BCUT2D eigenvalue weighted by Crippen LogP contribution is -2.57. The molecule has 9 nitrogen and oxygen atoms in total. The van der Waals surface area contributed by atoms with Crippen LogP contribution in [0.25, 0.3) is 0 Å². The number of aromatic nitrogens is 2. The van der Waals surface area contributed by atoms with E-state index < -0.39 is 22.8 Å². The predicted octanol–water partition coefficient (Wildman–Crippen LogP) is 3.21. The molecule has 1 aromatic heterocycles. The van der Waals surface area contributed by atoms with Crippen LogP contribution in [-0.4, -0.2) is 33.9 Å². The number of fused-ring (bicyclic) bond motifs is 1. The van der Waals surface area contributed by atoms with Crippen LogP contribution in [0.2, 0.25) is 0 Å². The molecule has 0 saturated carbocycles. The summed E-state index contributed by atoms with van der Waals surface area (Å²) in [5.74, 6) is -1.32. The fourth-order valence-corrected chi connectivity index (χ4v) is 5.40. The molecule has 9 heteroatoms. The Morgan fingerprint density at radius 2 is 1.75 bits per heavy atom. The fraction of sp³-hybridized carbons (Fsp3) is 0.261. The van der Waals surface area contributed by atoms with E-state index in [1.54, 1.807) is 31.2 Å². The van der Waals surface area contributed by atoms with Crippen LogP contribution in [0.1, 0.15) is 52.0 Å². The number of imidazole rings is 1. The molecule has 0 fully saturated rings. The van der Waals surface area contributed by atoms with Crippen molar-refractivity contribution in [1.29, 1.82) is 0 Å². The number of amides is 1. The van der Waals surface area contributed by atoms with Gasteiger partial charge in [-0.25, -0.2) is 9.78 Å². The summed E-state index contributed by atoms with van der Waals surface area (Å²) < 4.78 is 4.65. The molecule has 1 unspecified atom stereocenters. The van der Waals surface area contributed by atoms with Crippen molar-refractivity contribution in [2.75, 3.05) is 12.4 Å². The summed E-state index contributed by atoms with van der Waals surface area (Å²) in [5.41, 5.74) is 0.246. The fourth-order valence-electron chi connectivity index (χ4n) is 5.40. The Bertz CT molecular complexity index is 1240. The van der Waals surface area contributed by atoms with Gasteiger partial charge in [-0.2, -0.15) is 0 Å². The Labute approximate surface area is 183 Å². The topological polar surface area (TPSA) is 127 Å². The van der Waals surface area contributed by atoms with Crippen molar-refractivity contribution in [2.45, 2.75) is 24.8 Å². The maximum atomic E-state index is 13.6. The second kappa shape index (κ2) is 6.74. The van der Waals surface area contributed by atoms with Crippen molar-refractivity contribution in [3.8, 4) is 0 Å². The zero-order valence-corrected chi connectivity index (χ0v) is 17.4. The molecule has 3 aliphatic carbocycles. The summed E-state index contributed by atoms with van der Waals surface area (Å²) in [6.07, 6.45) is 1.27. The summed E-state index contributed by atoms with van der Waals surface area (Å²) >= 11 is 0. The first-order valence-corrected chi connectivity index (χ1v) is 10.1. The monoisotopic (exact) mass is 432 g/mol. The van der Waals surface area contributed by atoms with Crippen LogP contribution >= 0.6 is 0 Å². The van der Waals surface area contributed by atoms with E-state index in [1.165, 1.54) is 13.3 Å². The molecule has 2 N–H and O–H groups in total. The minimum Gasteiger partial charge on any atom is -0.464 e. The highest BCUT2D eigenvalue weighted by atomic mass is 16.6. The van der Waals surface area contributed by atoms with Crippen LogP contribution in [-0.2, 0) is 15.1 Å². The Balaban J connectivity index is 1.63. The number of benzene rings is 2. The van der Waals surface area contributed by atoms with E-state index in [9.17, 15) is 19.7 Å². The van der Waals surface area contributed by atoms with Crippen molar-refractivity contribution in [3.05, 3.63) is 92.8 Å². The number of nitrogens with one attached hydrogen (secondary N) is 2. The number of aromatic amines is 1. The number of nitrogens with zero attached hydrogens (tertiary/aromatic N) is 2. The van der Waals surface area contributed by atoms with Gasteiger partial charge in [-0.15, -0.1) is 0 Å². The number of methoxy groups -OCH3 is 1. The Morgan fingerprint density at radius 1 is 1.16 bits per heavy atom. The van der Waals surface area contributed by atoms with E-state index in [0.717, 1.165) is 11.1 Å². The Kier molecular flexibility index (Phi) is 4.20. The quantitative estimate of drug-likeness (QED) is 0.370. The lowest BCUT2D eigenvalue weighted by Gasteiger charge is -2.52. The minimum absolute atomic E-state index is 0.00208. The van der Waals surface area contributed by atoms with Gasteiger partial charge in [0, 0.05) is 28.4 Å². The second-order valence-corrected chi connectivity index (χ2v) is 8.41. The molecule has 1 amide bonds. The normalized spacial score (nSPS) is 24.9. The molecule has 0 saturated heterocycles. The number of carbonyl (C=O) groups is 2. The van der Waals surface area contributed by atoms with Gasteiger partial charge in [0.1, 0.15) is 5.69 Å². The van der Waals surface area contributed by atoms with E-state index >= 15 is 0 Å². The number of nitro groups is 1. The first kappa shape index (κ1) is 19.9. The number of hydrogen-bond acceptors (Lipinski definition) is 6. The van der Waals surface area contributed by atoms with Gasteiger partial charge >= 0.3 is 5.97 Å². The molecular weight excluding hydrogens is 412 g/mol. The van der Waals surface area contributed by atoms with Crippen molar-refractivity contribution < 1.29 is 19.2 Å². The largest absolute Gasteiger partial charge is 0.464 e. The molecule has 0 spiro atoms. The van der Waals surface area contributed by atoms with Crippen molar-refractivity contribution in [3.63, 3.8) is 0 Å². The van der Waals surface area contributed by atoms with Gasteiger partial charge in [-0.3, -0.25) is 20.2 Å². The number of H-pyrrole nitrogens is 1. The molecule has 3 aliphatic rings. The lowest BCUT2D eigenvalue weighted by atomic mass is 9.49. The molecule has 3 aromatic rings. The number of carbonyl (C=O) groups excluding carboxylic acids is 2. The summed E-state index contributed by atoms with van der Waals surface area (Å²) in [7, 11) is 1.24. The van der Waals surface area contributed by atoms with Crippen LogP contribution in [0, 0.1) is 15.5 Å². The van der Waals surface area contributed by atoms with Gasteiger partial charge in [0.2, 0.25) is 11.9 Å². The zero-order chi connectivity index (χ0) is 22.7. The zero-order valence-electron chi connectivity index (χ0n) is 17.4. The first-order valence-electron chi connectivity index (χ1n) is 10.1. The number of rotatable bonds is 4. The van der Waals surface area contributed by atoms with Crippen LogP contribution in [0.5, 0.6) is 0 Å². The maximum Gasteiger partial charge on any atom is 0.356 e. The lowest BCUT2D eigenvalue weighted by molar-refractivity contribution is -0.573. The molecule has 2 aromatic carbocycles. The van der Waals surface area contributed by atoms with Crippen LogP contribution in [0.3, 0.4) is 0 Å². The second-order valence-electron chi connectivity index (χ2n) is 8.41. The van der Waals surface area contributed by atoms with Crippen LogP contribution in [0.4, 0.5) is 5.95 Å². The molecular formula is C23H20N4O5. The van der Waals surface area contributed by atoms with E-state index in [4.69, 9.17) is 0 Å². The molecule has 0 aliphatic heterocycles. The summed E-state index contributed by atoms with van der Waals surface area (Å²) in [6.45, 7) is 1.75. The van der Waals surface area contributed by atoms with Gasteiger partial charge in [0.05, 0.1) is 18.7 Å². The summed E-state index contributed by atoms with van der Waals surface area (Å²) in [5, 5.41) is 15.4. The van der Waals surface area contributed by atoms with Crippen molar-refractivity contribution in [1.82, 2.24) is 9.97 Å². The third kappa shape index (κ3) is 2.47. The smallest absolute Gasteiger partial charge is 0.356 e. The minimum atomic E-state index is -1.53. The van der Waals surface area contributed by atoms with Gasteiger partial charge in [0.15, 0.2) is 0 Å². The number of anilines is 1. The highest BCUT2D eigenvalue weighted by molar-refractivity contribution is 5.97. The van der Waals surface area contributed by atoms with Crippen LogP contribution in [0.15, 0.2) is 54.7 Å². The SMILES string of the molecule is COC(=O)c1cnc(NC(=O)C2(C)CC3([N+](=O)[O-])c4ccccc4C2c2ccccc23)[nH]1. The average molecular weight is 432 g/mol. The summed E-state index contributed by atoms with van der Waals surface area (Å²) in [4.78, 5) is 44.4. The third-order valence-electron chi connectivity index (χ3n) is 6.74. The Morgan fingerprint density at radius 3 is 2.31 bits per heavy atom. The van der Waals surface area contributed by atoms with Crippen molar-refractivity contribution in [2.24, 2.45) is 5.41 Å². The maximum absolute atomic E-state index is 13.6.